The maximum atomic E-state index is 9.89. The first-order valence-electron chi connectivity index (χ1n) is 6.19. The van der Waals surface area contributed by atoms with Gasteiger partial charge in [-0.05, 0) is 23.8 Å². The van der Waals surface area contributed by atoms with Gasteiger partial charge in [0.25, 0.3) is 5.82 Å². The molecule has 0 saturated carbocycles. The van der Waals surface area contributed by atoms with Crippen LogP contribution in [0.5, 0.6) is 0 Å². The van der Waals surface area contributed by atoms with Gasteiger partial charge in [-0.1, -0.05) is 13.3 Å². The monoisotopic (exact) mass is 268 g/mol. The molecule has 106 valence electrons. The highest BCUT2D eigenvalue weighted by Gasteiger charge is 2.16. The molecule has 0 bridgehead atoms. The predicted molar refractivity (Wildman–Crippen MR) is 69.1 cm³/mol. The van der Waals surface area contributed by atoms with E-state index in [9.17, 15) is 4.79 Å². The van der Waals surface area contributed by atoms with Gasteiger partial charge in [0.1, 0.15) is 0 Å². The Balaban J connectivity index is 0.000000200. The maximum Gasteiger partial charge on any atom is 0.375 e. The zero-order chi connectivity index (χ0) is 14.3. The number of carboxylic acid groups (broad SMARTS) is 1. The summed E-state index contributed by atoms with van der Waals surface area (Å²) in [7, 11) is 2.12. The number of aromatic amines is 1. The van der Waals surface area contributed by atoms with Crippen molar-refractivity contribution in [2.45, 2.75) is 32.9 Å². The lowest BCUT2D eigenvalue weighted by Crippen LogP contribution is -2.33. The molecule has 0 radical (unpaired) electrons. The van der Waals surface area contributed by atoms with Crippen molar-refractivity contribution in [2.75, 3.05) is 13.6 Å². The van der Waals surface area contributed by atoms with Gasteiger partial charge in [0.05, 0.1) is 6.17 Å². The van der Waals surface area contributed by atoms with Crippen molar-refractivity contribution in [3.8, 4) is 0 Å². The largest absolute Gasteiger partial charge is 0.475 e. The summed E-state index contributed by atoms with van der Waals surface area (Å²) in [4.78, 5) is 14.5. The Morgan fingerprint density at radius 3 is 2.63 bits per heavy atom. The summed E-state index contributed by atoms with van der Waals surface area (Å²) in [6.07, 6.45) is 7.45. The summed E-state index contributed by atoms with van der Waals surface area (Å²) in [6, 6.07) is 0. The van der Waals surface area contributed by atoms with E-state index in [1.165, 1.54) is 19.4 Å². The quantitative estimate of drug-likeness (QED) is 0.831. The van der Waals surface area contributed by atoms with Crippen LogP contribution in [-0.2, 0) is 0 Å². The number of aromatic nitrogens is 4. The van der Waals surface area contributed by atoms with Gasteiger partial charge >= 0.3 is 5.97 Å². The van der Waals surface area contributed by atoms with E-state index < -0.39 is 5.97 Å². The second-order valence-electron chi connectivity index (χ2n) is 4.24. The summed E-state index contributed by atoms with van der Waals surface area (Å²) < 4.78 is 0. The van der Waals surface area contributed by atoms with Gasteiger partial charge in [-0.3, -0.25) is 0 Å². The fourth-order valence-electron chi connectivity index (χ4n) is 1.53. The van der Waals surface area contributed by atoms with E-state index in [0.29, 0.717) is 6.17 Å². The third-order valence-electron chi connectivity index (χ3n) is 2.88. The van der Waals surface area contributed by atoms with E-state index in [2.05, 4.69) is 63.7 Å². The van der Waals surface area contributed by atoms with Crippen LogP contribution >= 0.6 is 0 Å². The minimum Gasteiger partial charge on any atom is -0.475 e. The highest BCUT2D eigenvalue weighted by molar-refractivity contribution is 5.82. The Labute approximate surface area is 112 Å². The number of hydrogen-bond donors (Lipinski definition) is 2. The van der Waals surface area contributed by atoms with E-state index in [1.54, 1.807) is 0 Å². The highest BCUT2D eigenvalue weighted by Crippen LogP contribution is 2.13. The highest BCUT2D eigenvalue weighted by atomic mass is 16.4. The molecule has 1 aromatic heterocycles. The molecule has 0 amide bonds. The molecule has 1 aliphatic heterocycles. The Hall–Kier alpha value is -2.12. The standard InChI is InChI=1S/C9H18N2.C2H2N4O2/c1-4-5-6-11-8-7-10(3)9(11)2;7-2(8)1-3-5-6-4-1/h7-9H,4-6H2,1-3H3;(H,7,8)(H,3,4,5,6). The molecule has 19 heavy (non-hydrogen) atoms. The van der Waals surface area contributed by atoms with Gasteiger partial charge in [0.2, 0.25) is 0 Å². The molecule has 0 aliphatic carbocycles. The van der Waals surface area contributed by atoms with Crippen molar-refractivity contribution >= 4 is 5.97 Å². The second kappa shape index (κ2) is 7.34. The molecule has 0 spiro atoms. The van der Waals surface area contributed by atoms with Crippen molar-refractivity contribution < 1.29 is 9.90 Å². The third-order valence-corrected chi connectivity index (χ3v) is 2.88. The number of carboxylic acids is 1. The summed E-state index contributed by atoms with van der Waals surface area (Å²) >= 11 is 0. The van der Waals surface area contributed by atoms with Gasteiger partial charge < -0.3 is 14.9 Å². The van der Waals surface area contributed by atoms with Crippen molar-refractivity contribution in [1.82, 2.24) is 30.4 Å². The summed E-state index contributed by atoms with van der Waals surface area (Å²) in [5, 5.41) is 19.3. The summed E-state index contributed by atoms with van der Waals surface area (Å²) in [6.45, 7) is 5.66. The van der Waals surface area contributed by atoms with Crippen LogP contribution in [0, 0.1) is 0 Å². The van der Waals surface area contributed by atoms with E-state index in [0.717, 1.165) is 0 Å². The molecule has 0 saturated heterocycles. The first kappa shape index (κ1) is 14.9. The van der Waals surface area contributed by atoms with Crippen molar-refractivity contribution in [3.63, 3.8) is 0 Å². The average molecular weight is 268 g/mol. The first-order chi connectivity index (χ1) is 9.06. The number of nitrogens with zero attached hydrogens (tertiary/aromatic N) is 5. The van der Waals surface area contributed by atoms with Crippen LogP contribution in [0.25, 0.3) is 0 Å². The molecule has 0 fully saturated rings. The van der Waals surface area contributed by atoms with Crippen LogP contribution < -0.4 is 0 Å². The lowest BCUT2D eigenvalue weighted by Gasteiger charge is -2.26. The molecule has 1 aliphatic rings. The van der Waals surface area contributed by atoms with Crippen molar-refractivity contribution in [1.29, 1.82) is 0 Å². The molecule has 2 heterocycles. The van der Waals surface area contributed by atoms with E-state index >= 15 is 0 Å². The molecule has 0 aromatic carbocycles. The maximum absolute atomic E-state index is 9.89. The minimum absolute atomic E-state index is 0.245. The number of H-pyrrole nitrogens is 1. The smallest absolute Gasteiger partial charge is 0.375 e. The fraction of sp³-hybridized carbons (Fsp3) is 0.636. The second-order valence-corrected chi connectivity index (χ2v) is 4.24. The Bertz CT molecular complexity index is 405. The number of nitrogens with one attached hydrogen (secondary N) is 1. The lowest BCUT2D eigenvalue weighted by atomic mass is 10.3. The van der Waals surface area contributed by atoms with Crippen LogP contribution in [0.15, 0.2) is 12.4 Å². The number of tetrazole rings is 1. The van der Waals surface area contributed by atoms with Gasteiger partial charge in [-0.15, -0.1) is 5.10 Å². The Morgan fingerprint density at radius 2 is 2.26 bits per heavy atom. The van der Waals surface area contributed by atoms with Gasteiger partial charge in [-0.2, -0.15) is 0 Å². The third kappa shape index (κ3) is 4.57. The number of aromatic carboxylic acids is 1. The molecule has 1 unspecified atom stereocenters. The topological polar surface area (TPSA) is 98.2 Å². The molecular weight excluding hydrogens is 248 g/mol. The van der Waals surface area contributed by atoms with Gasteiger partial charge in [-0.25, -0.2) is 9.89 Å². The SMILES string of the molecule is CCCCN1C=CN(C)C1C.O=C(O)c1nnn[nH]1. The van der Waals surface area contributed by atoms with Crippen molar-refractivity contribution in [2.24, 2.45) is 0 Å². The fourth-order valence-corrected chi connectivity index (χ4v) is 1.53. The average Bonchev–Trinajstić information content (AvgIpc) is 3.01. The number of carbonyl (C=O) groups is 1. The van der Waals surface area contributed by atoms with Crippen LogP contribution in [-0.4, -0.2) is 61.3 Å². The zero-order valence-electron chi connectivity index (χ0n) is 11.4. The number of hydrogen-bond acceptors (Lipinski definition) is 6. The summed E-state index contributed by atoms with van der Waals surface area (Å²) in [5.41, 5.74) is 0. The Morgan fingerprint density at radius 1 is 1.53 bits per heavy atom. The Kier molecular flexibility index (Phi) is 5.77. The molecule has 2 N–H and O–H groups in total. The van der Waals surface area contributed by atoms with E-state index in [1.807, 2.05) is 0 Å². The zero-order valence-corrected chi connectivity index (χ0v) is 11.4. The van der Waals surface area contributed by atoms with Crippen LogP contribution in [0.3, 0.4) is 0 Å². The number of rotatable bonds is 4. The minimum atomic E-state index is -1.16. The summed E-state index contributed by atoms with van der Waals surface area (Å²) in [5.74, 6) is -1.40. The predicted octanol–water partition coefficient (Wildman–Crippen LogP) is 0.749. The van der Waals surface area contributed by atoms with E-state index in [4.69, 9.17) is 5.11 Å². The molecule has 1 aromatic rings. The number of unbranched alkanes of at least 4 members (excludes halogenated alkanes) is 1. The molecule has 2 rings (SSSR count). The lowest BCUT2D eigenvalue weighted by molar-refractivity contribution is 0.0683. The van der Waals surface area contributed by atoms with Gasteiger partial charge in [0.15, 0.2) is 0 Å². The molecule has 1 atom stereocenters. The van der Waals surface area contributed by atoms with Crippen molar-refractivity contribution in [3.05, 3.63) is 18.2 Å². The van der Waals surface area contributed by atoms with Crippen LogP contribution in [0.2, 0.25) is 0 Å². The van der Waals surface area contributed by atoms with Gasteiger partial charge in [0, 0.05) is 26.0 Å². The van der Waals surface area contributed by atoms with Crippen LogP contribution in [0.1, 0.15) is 37.3 Å². The van der Waals surface area contributed by atoms with E-state index in [-0.39, 0.29) is 5.82 Å². The van der Waals surface area contributed by atoms with Crippen LogP contribution in [0.4, 0.5) is 0 Å². The first-order valence-corrected chi connectivity index (χ1v) is 6.19. The normalized spacial score (nSPS) is 17.3. The molecular formula is C11H20N6O2. The molecule has 8 nitrogen and oxygen atoms in total. The molecule has 8 heteroatoms.